The summed E-state index contributed by atoms with van der Waals surface area (Å²) in [5.41, 5.74) is 1.38. The number of hydrogen-bond donors (Lipinski definition) is 0. The van der Waals surface area contributed by atoms with Crippen molar-refractivity contribution in [2.45, 2.75) is 34.1 Å². The summed E-state index contributed by atoms with van der Waals surface area (Å²) in [4.78, 5) is 22.8. The van der Waals surface area contributed by atoms with Crippen LogP contribution in [0.15, 0.2) is 23.3 Å². The molecule has 0 unspecified atom stereocenters. The molecule has 0 saturated carbocycles. The molecule has 0 heterocycles. The minimum absolute atomic E-state index is 0.207. The maximum atomic E-state index is 11.5. The van der Waals surface area contributed by atoms with Crippen molar-refractivity contribution in [3.8, 4) is 0 Å². The first-order chi connectivity index (χ1) is 6.40. The number of carbonyl (C=O) groups is 2. The highest BCUT2D eigenvalue weighted by atomic mass is 16.2. The van der Waals surface area contributed by atoms with Crippen LogP contribution in [0.2, 0.25) is 0 Å². The van der Waals surface area contributed by atoms with Gasteiger partial charge in [0.15, 0.2) is 0 Å². The molecule has 0 aromatic heterocycles. The highest BCUT2D eigenvalue weighted by molar-refractivity contribution is 6.44. The number of Topliss-reactive ketones (excluding diaryl/α,β-unsaturated/α-hetero) is 2. The highest BCUT2D eigenvalue weighted by Crippen LogP contribution is 2.37. The fourth-order valence-electron chi connectivity index (χ4n) is 1.93. The molecule has 0 N–H and O–H groups in total. The average molecular weight is 192 g/mol. The molecule has 2 heteroatoms. The van der Waals surface area contributed by atoms with Crippen LogP contribution in [0.5, 0.6) is 0 Å². The van der Waals surface area contributed by atoms with Gasteiger partial charge in [0.25, 0.3) is 0 Å². The van der Waals surface area contributed by atoms with E-state index >= 15 is 0 Å². The molecule has 0 spiro atoms. The summed E-state index contributed by atoms with van der Waals surface area (Å²) in [6.45, 7) is 7.64. The number of ketones is 2. The molecule has 2 nitrogen and oxygen atoms in total. The Bertz CT molecular complexity index is 343. The topological polar surface area (TPSA) is 34.1 Å². The Morgan fingerprint density at radius 2 is 1.86 bits per heavy atom. The van der Waals surface area contributed by atoms with Gasteiger partial charge in [-0.1, -0.05) is 26.0 Å². The third-order valence-electron chi connectivity index (χ3n) is 2.66. The highest BCUT2D eigenvalue weighted by Gasteiger charge is 2.36. The van der Waals surface area contributed by atoms with Crippen molar-refractivity contribution in [1.29, 1.82) is 0 Å². The zero-order chi connectivity index (χ0) is 10.9. The third kappa shape index (κ3) is 1.69. The molecule has 0 saturated heterocycles. The van der Waals surface area contributed by atoms with Crippen molar-refractivity contribution >= 4 is 11.6 Å². The average Bonchev–Trinajstić information content (AvgIpc) is 2.08. The molecule has 1 aliphatic rings. The molecule has 0 aromatic carbocycles. The Labute approximate surface area is 84.7 Å². The fraction of sp³-hybridized carbons (Fsp3) is 0.500. The van der Waals surface area contributed by atoms with Gasteiger partial charge in [0.05, 0.1) is 0 Å². The van der Waals surface area contributed by atoms with E-state index in [1.807, 2.05) is 32.9 Å². The third-order valence-corrected chi connectivity index (χ3v) is 2.66. The maximum Gasteiger partial charge on any atom is 0.224 e. The fourth-order valence-corrected chi connectivity index (χ4v) is 1.93. The first-order valence-electron chi connectivity index (χ1n) is 4.81. The van der Waals surface area contributed by atoms with E-state index in [4.69, 9.17) is 0 Å². The van der Waals surface area contributed by atoms with E-state index in [0.29, 0.717) is 12.0 Å². The van der Waals surface area contributed by atoms with Gasteiger partial charge in [-0.3, -0.25) is 9.59 Å². The summed E-state index contributed by atoms with van der Waals surface area (Å²) in [6.07, 6.45) is 4.16. The van der Waals surface area contributed by atoms with Crippen LogP contribution < -0.4 is 0 Å². The maximum absolute atomic E-state index is 11.5. The minimum atomic E-state index is -0.322. The quantitative estimate of drug-likeness (QED) is 0.598. The van der Waals surface area contributed by atoms with E-state index in [0.717, 1.165) is 5.57 Å². The first kappa shape index (κ1) is 10.9. The normalized spacial score (nSPS) is 22.3. The molecular weight excluding hydrogens is 176 g/mol. The van der Waals surface area contributed by atoms with E-state index in [1.54, 1.807) is 6.92 Å². The molecule has 1 rings (SSSR count). The minimum Gasteiger partial charge on any atom is -0.290 e. The molecule has 0 bridgehead atoms. The molecule has 0 fully saturated rings. The smallest absolute Gasteiger partial charge is 0.224 e. The Morgan fingerprint density at radius 3 is 2.36 bits per heavy atom. The zero-order valence-electron chi connectivity index (χ0n) is 9.18. The summed E-state index contributed by atoms with van der Waals surface area (Å²) in [6, 6.07) is 0. The molecular formula is C12H16O2. The van der Waals surface area contributed by atoms with Crippen LogP contribution in [-0.4, -0.2) is 11.6 Å². The molecule has 0 radical (unpaired) electrons. The van der Waals surface area contributed by atoms with Crippen LogP contribution >= 0.6 is 0 Å². The van der Waals surface area contributed by atoms with Gasteiger partial charge < -0.3 is 0 Å². The van der Waals surface area contributed by atoms with Crippen LogP contribution in [-0.2, 0) is 9.59 Å². The molecule has 0 amide bonds. The standard InChI is InChI=1S/C12H16O2/c1-5-6-9-8(2)11(14)10(13)7-12(9,3)4/h5-6H,7H2,1-4H3/b6-5+. The predicted molar refractivity (Wildman–Crippen MR) is 55.9 cm³/mol. The second kappa shape index (κ2) is 3.52. The van der Waals surface area contributed by atoms with E-state index in [1.165, 1.54) is 0 Å². The van der Waals surface area contributed by atoms with Crippen molar-refractivity contribution in [3.05, 3.63) is 23.3 Å². The monoisotopic (exact) mass is 192 g/mol. The van der Waals surface area contributed by atoms with E-state index in [2.05, 4.69) is 0 Å². The van der Waals surface area contributed by atoms with Gasteiger partial charge in [-0.25, -0.2) is 0 Å². The summed E-state index contributed by atoms with van der Waals surface area (Å²) in [5, 5.41) is 0. The van der Waals surface area contributed by atoms with Gasteiger partial charge in [0, 0.05) is 12.0 Å². The Balaban J connectivity index is 3.30. The van der Waals surface area contributed by atoms with Gasteiger partial charge >= 0.3 is 0 Å². The Hall–Kier alpha value is -1.18. The molecule has 14 heavy (non-hydrogen) atoms. The van der Waals surface area contributed by atoms with Crippen LogP contribution in [0.1, 0.15) is 34.1 Å². The van der Waals surface area contributed by atoms with Crippen molar-refractivity contribution in [1.82, 2.24) is 0 Å². The molecule has 76 valence electrons. The zero-order valence-corrected chi connectivity index (χ0v) is 9.18. The van der Waals surface area contributed by atoms with Crippen molar-refractivity contribution in [2.75, 3.05) is 0 Å². The molecule has 0 atom stereocenters. The lowest BCUT2D eigenvalue weighted by molar-refractivity contribution is -0.136. The summed E-state index contributed by atoms with van der Waals surface area (Å²) < 4.78 is 0. The number of allylic oxidation sites excluding steroid dienone is 4. The lowest BCUT2D eigenvalue weighted by Gasteiger charge is -2.30. The van der Waals surface area contributed by atoms with Crippen molar-refractivity contribution in [3.63, 3.8) is 0 Å². The van der Waals surface area contributed by atoms with Gasteiger partial charge in [-0.2, -0.15) is 0 Å². The number of hydrogen-bond acceptors (Lipinski definition) is 2. The SMILES string of the molecule is C/C=C/C1=C(C)C(=O)C(=O)CC1(C)C. The van der Waals surface area contributed by atoms with Gasteiger partial charge in [-0.05, 0) is 24.8 Å². The van der Waals surface area contributed by atoms with Crippen molar-refractivity contribution in [2.24, 2.45) is 5.41 Å². The second-order valence-corrected chi connectivity index (χ2v) is 4.35. The van der Waals surface area contributed by atoms with Gasteiger partial charge in [-0.15, -0.1) is 0 Å². The van der Waals surface area contributed by atoms with E-state index in [9.17, 15) is 9.59 Å². The molecule has 0 aromatic rings. The number of rotatable bonds is 1. The van der Waals surface area contributed by atoms with Crippen LogP contribution in [0.4, 0.5) is 0 Å². The summed E-state index contributed by atoms with van der Waals surface area (Å²) in [7, 11) is 0. The Morgan fingerprint density at radius 1 is 1.29 bits per heavy atom. The molecule has 1 aliphatic carbocycles. The van der Waals surface area contributed by atoms with Crippen LogP contribution in [0.25, 0.3) is 0 Å². The van der Waals surface area contributed by atoms with Crippen molar-refractivity contribution < 1.29 is 9.59 Å². The first-order valence-corrected chi connectivity index (χ1v) is 4.81. The van der Waals surface area contributed by atoms with Gasteiger partial charge in [0.2, 0.25) is 11.6 Å². The van der Waals surface area contributed by atoms with Crippen LogP contribution in [0, 0.1) is 5.41 Å². The second-order valence-electron chi connectivity index (χ2n) is 4.35. The van der Waals surface area contributed by atoms with E-state index in [-0.39, 0.29) is 17.0 Å². The van der Waals surface area contributed by atoms with Crippen LogP contribution in [0.3, 0.4) is 0 Å². The lowest BCUT2D eigenvalue weighted by atomic mass is 9.71. The van der Waals surface area contributed by atoms with Gasteiger partial charge in [0.1, 0.15) is 0 Å². The predicted octanol–water partition coefficient (Wildman–Crippen LogP) is 2.45. The Kier molecular flexibility index (Phi) is 2.74. The number of carbonyl (C=O) groups excluding carboxylic acids is 2. The van der Waals surface area contributed by atoms with E-state index < -0.39 is 0 Å². The lowest BCUT2D eigenvalue weighted by Crippen LogP contribution is -2.32. The molecule has 0 aliphatic heterocycles. The summed E-state index contributed by atoms with van der Waals surface area (Å²) >= 11 is 0. The summed E-state index contributed by atoms with van der Waals surface area (Å²) in [5.74, 6) is -0.585. The largest absolute Gasteiger partial charge is 0.290 e.